The van der Waals surface area contributed by atoms with E-state index in [0.29, 0.717) is 11.8 Å². The maximum absolute atomic E-state index is 13.2. The molecule has 7 nitrogen and oxygen atoms in total. The third kappa shape index (κ3) is 5.39. The summed E-state index contributed by atoms with van der Waals surface area (Å²) in [5.74, 6) is 1.72. The van der Waals surface area contributed by atoms with Crippen LogP contribution in [0.4, 0.5) is 0 Å². The van der Waals surface area contributed by atoms with E-state index < -0.39 is 0 Å². The molecule has 4 rings (SSSR count). The smallest absolute Gasteiger partial charge is 0.235 e. The first-order chi connectivity index (χ1) is 16.1. The number of nitrogens with zero attached hydrogens (tertiary/aromatic N) is 5. The Hall–Kier alpha value is -2.84. The number of thioether (sulfide) groups is 1. The second-order valence-corrected chi connectivity index (χ2v) is 9.26. The number of piperazine rings is 1. The zero-order valence-corrected chi connectivity index (χ0v) is 20.3. The highest BCUT2D eigenvalue weighted by Crippen LogP contribution is 2.31. The molecule has 1 amide bonds. The Kier molecular flexibility index (Phi) is 7.67. The van der Waals surface area contributed by atoms with Crippen LogP contribution in [0.2, 0.25) is 0 Å². The van der Waals surface area contributed by atoms with Gasteiger partial charge >= 0.3 is 0 Å². The van der Waals surface area contributed by atoms with Gasteiger partial charge in [0, 0.05) is 37.4 Å². The third-order valence-electron chi connectivity index (χ3n) is 5.83. The Labute approximate surface area is 199 Å². The van der Waals surface area contributed by atoms with E-state index in [0.717, 1.165) is 55.5 Å². The normalized spacial score (nSPS) is 15.4. The van der Waals surface area contributed by atoms with Crippen molar-refractivity contribution < 1.29 is 9.53 Å². The molecule has 0 radical (unpaired) electrons. The number of carbonyl (C=O) groups excluding carboxylic acids is 1. The molecule has 0 aliphatic carbocycles. The summed E-state index contributed by atoms with van der Waals surface area (Å²) in [6.45, 7) is 11.1. The van der Waals surface area contributed by atoms with E-state index in [1.54, 1.807) is 0 Å². The molecule has 1 fully saturated rings. The van der Waals surface area contributed by atoms with Crippen molar-refractivity contribution in [2.75, 3.05) is 39.3 Å². The fraction of sp³-hybridized carbons (Fsp3) is 0.400. The highest BCUT2D eigenvalue weighted by molar-refractivity contribution is 8.00. The van der Waals surface area contributed by atoms with Crippen LogP contribution in [0.15, 0.2) is 59.8 Å². The fourth-order valence-corrected chi connectivity index (χ4v) is 4.91. The molecule has 0 bridgehead atoms. The van der Waals surface area contributed by atoms with Crippen molar-refractivity contribution in [2.45, 2.75) is 31.2 Å². The molecule has 1 aliphatic rings. The van der Waals surface area contributed by atoms with Gasteiger partial charge in [-0.05, 0) is 44.7 Å². The van der Waals surface area contributed by atoms with Crippen LogP contribution in [-0.2, 0) is 4.79 Å². The van der Waals surface area contributed by atoms with Gasteiger partial charge in [0.1, 0.15) is 5.75 Å². The summed E-state index contributed by atoms with van der Waals surface area (Å²) in [6, 6.07) is 17.9. The molecule has 1 unspecified atom stereocenters. The summed E-state index contributed by atoms with van der Waals surface area (Å²) in [4.78, 5) is 17.5. The Morgan fingerprint density at radius 2 is 1.70 bits per heavy atom. The number of amides is 1. The molecule has 2 heterocycles. The summed E-state index contributed by atoms with van der Waals surface area (Å²) in [5, 5.41) is 9.43. The Balaban J connectivity index is 1.60. The highest BCUT2D eigenvalue weighted by atomic mass is 32.2. The average molecular weight is 466 g/mol. The second-order valence-electron chi connectivity index (χ2n) is 7.95. The Morgan fingerprint density at radius 3 is 2.33 bits per heavy atom. The zero-order chi connectivity index (χ0) is 23.2. The molecule has 174 valence electrons. The number of hydrogen-bond donors (Lipinski definition) is 0. The molecule has 0 spiro atoms. The summed E-state index contributed by atoms with van der Waals surface area (Å²) >= 11 is 1.46. The summed E-state index contributed by atoms with van der Waals surface area (Å²) in [6.07, 6.45) is 0. The number of carbonyl (C=O) groups is 1. The lowest BCUT2D eigenvalue weighted by Gasteiger charge is -2.35. The Morgan fingerprint density at radius 1 is 1.00 bits per heavy atom. The number of hydrogen-bond acceptors (Lipinski definition) is 6. The van der Waals surface area contributed by atoms with Crippen LogP contribution in [0, 0.1) is 0 Å². The first kappa shape index (κ1) is 23.3. The van der Waals surface area contributed by atoms with Crippen molar-refractivity contribution >= 4 is 17.7 Å². The lowest BCUT2D eigenvalue weighted by atomic mass is 10.2. The van der Waals surface area contributed by atoms with Crippen molar-refractivity contribution in [3.8, 4) is 22.8 Å². The van der Waals surface area contributed by atoms with Gasteiger partial charge in [-0.15, -0.1) is 10.2 Å². The lowest BCUT2D eigenvalue weighted by molar-refractivity contribution is -0.132. The fourth-order valence-electron chi connectivity index (χ4n) is 3.96. The minimum absolute atomic E-state index is 0.151. The maximum Gasteiger partial charge on any atom is 0.235 e. The van der Waals surface area contributed by atoms with Crippen LogP contribution in [0.3, 0.4) is 0 Å². The van der Waals surface area contributed by atoms with Gasteiger partial charge in [-0.2, -0.15) is 0 Å². The number of benzene rings is 2. The number of aromatic nitrogens is 3. The van der Waals surface area contributed by atoms with Crippen LogP contribution >= 0.6 is 11.8 Å². The molecule has 0 N–H and O–H groups in total. The average Bonchev–Trinajstić information content (AvgIpc) is 3.28. The third-order valence-corrected chi connectivity index (χ3v) is 6.86. The molecule has 1 saturated heterocycles. The summed E-state index contributed by atoms with van der Waals surface area (Å²) in [7, 11) is 0. The molecule has 0 saturated carbocycles. The largest absolute Gasteiger partial charge is 0.494 e. The SMILES string of the molecule is CCOc1ccc(-n2c(SC(C)C(=O)N3CCN(CC)CC3)nnc2-c2ccccc2)cc1. The monoisotopic (exact) mass is 465 g/mol. The van der Waals surface area contributed by atoms with E-state index in [1.807, 2.05) is 77.9 Å². The number of likely N-dealkylation sites (N-methyl/N-ethyl adjacent to an activating group) is 1. The second kappa shape index (κ2) is 10.9. The predicted molar refractivity (Wildman–Crippen MR) is 132 cm³/mol. The van der Waals surface area contributed by atoms with E-state index in [-0.39, 0.29) is 11.2 Å². The van der Waals surface area contributed by atoms with Crippen LogP contribution in [0.5, 0.6) is 5.75 Å². The van der Waals surface area contributed by atoms with Gasteiger partial charge in [-0.1, -0.05) is 49.0 Å². The van der Waals surface area contributed by atoms with E-state index in [2.05, 4.69) is 22.0 Å². The molecule has 1 atom stereocenters. The molecule has 8 heteroatoms. The highest BCUT2D eigenvalue weighted by Gasteiger charge is 2.27. The molecule has 3 aromatic rings. The quantitative estimate of drug-likeness (QED) is 0.469. The minimum atomic E-state index is -0.257. The van der Waals surface area contributed by atoms with E-state index in [4.69, 9.17) is 4.74 Å². The van der Waals surface area contributed by atoms with Gasteiger partial charge in [0.05, 0.1) is 11.9 Å². The van der Waals surface area contributed by atoms with Gasteiger partial charge in [-0.25, -0.2) is 0 Å². The van der Waals surface area contributed by atoms with Crippen LogP contribution in [-0.4, -0.2) is 75.1 Å². The molecule has 1 aliphatic heterocycles. The van der Waals surface area contributed by atoms with E-state index in [9.17, 15) is 4.79 Å². The lowest BCUT2D eigenvalue weighted by Crippen LogP contribution is -2.50. The van der Waals surface area contributed by atoms with Gasteiger partial charge in [0.15, 0.2) is 11.0 Å². The molecular weight excluding hydrogens is 434 g/mol. The minimum Gasteiger partial charge on any atom is -0.494 e. The molecule has 33 heavy (non-hydrogen) atoms. The van der Waals surface area contributed by atoms with Crippen molar-refractivity contribution in [2.24, 2.45) is 0 Å². The van der Waals surface area contributed by atoms with Gasteiger partial charge < -0.3 is 14.5 Å². The van der Waals surface area contributed by atoms with Gasteiger partial charge in [0.25, 0.3) is 0 Å². The standard InChI is InChI=1S/C25H31N5O2S/c1-4-28-15-17-29(18-16-28)24(31)19(3)33-25-27-26-23(20-9-7-6-8-10-20)30(25)21-11-13-22(14-12-21)32-5-2/h6-14,19H,4-5,15-18H2,1-3H3. The van der Waals surface area contributed by atoms with Crippen molar-refractivity contribution in [1.29, 1.82) is 0 Å². The van der Waals surface area contributed by atoms with E-state index >= 15 is 0 Å². The van der Waals surface area contributed by atoms with Gasteiger partial charge in [-0.3, -0.25) is 9.36 Å². The van der Waals surface area contributed by atoms with Crippen LogP contribution in [0.1, 0.15) is 20.8 Å². The number of rotatable bonds is 8. The van der Waals surface area contributed by atoms with Crippen molar-refractivity contribution in [3.63, 3.8) is 0 Å². The molecule has 2 aromatic carbocycles. The first-order valence-corrected chi connectivity index (χ1v) is 12.4. The Bertz CT molecular complexity index is 1050. The van der Waals surface area contributed by atoms with Crippen LogP contribution < -0.4 is 4.74 Å². The number of ether oxygens (including phenoxy) is 1. The van der Waals surface area contributed by atoms with E-state index in [1.165, 1.54) is 11.8 Å². The van der Waals surface area contributed by atoms with Crippen LogP contribution in [0.25, 0.3) is 17.1 Å². The topological polar surface area (TPSA) is 63.5 Å². The predicted octanol–water partition coefficient (Wildman–Crippen LogP) is 3.98. The summed E-state index contributed by atoms with van der Waals surface area (Å²) in [5.41, 5.74) is 1.90. The first-order valence-electron chi connectivity index (χ1n) is 11.5. The van der Waals surface area contributed by atoms with Gasteiger partial charge in [0.2, 0.25) is 5.91 Å². The van der Waals surface area contributed by atoms with Crippen molar-refractivity contribution in [1.82, 2.24) is 24.6 Å². The zero-order valence-electron chi connectivity index (χ0n) is 19.5. The molecule has 1 aromatic heterocycles. The maximum atomic E-state index is 13.2. The molecular formula is C25H31N5O2S. The van der Waals surface area contributed by atoms with Crippen molar-refractivity contribution in [3.05, 3.63) is 54.6 Å². The summed E-state index contributed by atoms with van der Waals surface area (Å²) < 4.78 is 7.63.